The van der Waals surface area contributed by atoms with E-state index in [0.717, 1.165) is 5.56 Å². The van der Waals surface area contributed by atoms with Crippen molar-refractivity contribution in [2.75, 3.05) is 6.67 Å². The Hall–Kier alpha value is -1.05. The molecule has 0 radical (unpaired) electrons. The minimum absolute atomic E-state index is 0.0915. The van der Waals surface area contributed by atoms with Crippen LogP contribution in [0.5, 0.6) is 5.75 Å². The largest absolute Gasteiger partial charge is 0.508 e. The molecular weight excluding hydrogens is 179 g/mol. The molecule has 0 aromatic heterocycles. The van der Waals surface area contributed by atoms with Crippen LogP contribution in [0.3, 0.4) is 0 Å². The summed E-state index contributed by atoms with van der Waals surface area (Å²) < 4.78 is 12.9. The highest BCUT2D eigenvalue weighted by molar-refractivity contribution is 5.29. The summed E-state index contributed by atoms with van der Waals surface area (Å²) in [6.45, 7) is 5.69. The first-order valence-corrected chi connectivity index (χ1v) is 4.80. The van der Waals surface area contributed by atoms with E-state index in [2.05, 4.69) is 0 Å². The van der Waals surface area contributed by atoms with Crippen LogP contribution in [0.2, 0.25) is 0 Å². The molecule has 14 heavy (non-hydrogen) atoms. The van der Waals surface area contributed by atoms with E-state index in [1.807, 2.05) is 20.8 Å². The van der Waals surface area contributed by atoms with Crippen LogP contribution < -0.4 is 0 Å². The molecular formula is C12H17FO. The first kappa shape index (κ1) is 11.0. The van der Waals surface area contributed by atoms with Crippen LogP contribution in [-0.4, -0.2) is 11.8 Å². The zero-order valence-electron chi connectivity index (χ0n) is 8.92. The van der Waals surface area contributed by atoms with Crippen molar-refractivity contribution in [1.29, 1.82) is 0 Å². The van der Waals surface area contributed by atoms with Crippen LogP contribution in [0.25, 0.3) is 0 Å². The zero-order chi connectivity index (χ0) is 10.8. The van der Waals surface area contributed by atoms with E-state index >= 15 is 0 Å². The van der Waals surface area contributed by atoms with Crippen molar-refractivity contribution >= 4 is 0 Å². The molecule has 0 spiro atoms. The number of phenols is 1. The average Bonchev–Trinajstić information content (AvgIpc) is 2.07. The molecule has 2 heteroatoms. The molecule has 78 valence electrons. The average molecular weight is 196 g/mol. The maximum absolute atomic E-state index is 12.9. The van der Waals surface area contributed by atoms with Crippen molar-refractivity contribution in [2.24, 2.45) is 5.41 Å². The summed E-state index contributed by atoms with van der Waals surface area (Å²) in [7, 11) is 0. The van der Waals surface area contributed by atoms with Gasteiger partial charge in [0.1, 0.15) is 5.75 Å². The Bertz CT molecular complexity index is 284. The second-order valence-electron chi connectivity index (χ2n) is 4.66. The molecule has 0 saturated carbocycles. The van der Waals surface area contributed by atoms with E-state index in [-0.39, 0.29) is 23.8 Å². The van der Waals surface area contributed by atoms with Gasteiger partial charge in [-0.15, -0.1) is 0 Å². The third-order valence-corrected chi connectivity index (χ3v) is 2.50. The van der Waals surface area contributed by atoms with E-state index < -0.39 is 0 Å². The Morgan fingerprint density at radius 2 is 1.71 bits per heavy atom. The fourth-order valence-electron chi connectivity index (χ4n) is 1.53. The van der Waals surface area contributed by atoms with E-state index in [1.54, 1.807) is 24.3 Å². The predicted molar refractivity (Wildman–Crippen MR) is 56.3 cm³/mol. The summed E-state index contributed by atoms with van der Waals surface area (Å²) in [5.41, 5.74) is 0.851. The van der Waals surface area contributed by atoms with E-state index in [9.17, 15) is 4.39 Å². The molecule has 0 saturated heterocycles. The molecule has 1 aromatic carbocycles. The normalized spacial score (nSPS) is 14.0. The lowest BCUT2D eigenvalue weighted by atomic mass is 9.77. The summed E-state index contributed by atoms with van der Waals surface area (Å²) in [5, 5.41) is 9.12. The van der Waals surface area contributed by atoms with Crippen molar-refractivity contribution in [2.45, 2.75) is 26.7 Å². The lowest BCUT2D eigenvalue weighted by molar-refractivity contribution is 0.262. The Balaban J connectivity index is 2.96. The molecule has 0 amide bonds. The molecule has 1 rings (SSSR count). The van der Waals surface area contributed by atoms with Crippen LogP contribution in [-0.2, 0) is 0 Å². The van der Waals surface area contributed by atoms with Gasteiger partial charge in [0, 0.05) is 5.92 Å². The summed E-state index contributed by atoms with van der Waals surface area (Å²) in [4.78, 5) is 0. The third kappa shape index (κ3) is 2.47. The minimum Gasteiger partial charge on any atom is -0.508 e. The van der Waals surface area contributed by atoms with Gasteiger partial charge in [-0.25, -0.2) is 0 Å². The van der Waals surface area contributed by atoms with E-state index in [0.29, 0.717) is 0 Å². The summed E-state index contributed by atoms with van der Waals surface area (Å²) in [6, 6.07) is 6.77. The van der Waals surface area contributed by atoms with Crippen LogP contribution in [0, 0.1) is 5.41 Å². The topological polar surface area (TPSA) is 20.2 Å². The van der Waals surface area contributed by atoms with Gasteiger partial charge < -0.3 is 5.11 Å². The molecule has 0 aliphatic rings. The Labute approximate surface area is 84.6 Å². The van der Waals surface area contributed by atoms with Crippen molar-refractivity contribution in [3.63, 3.8) is 0 Å². The number of rotatable bonds is 2. The number of phenolic OH excluding ortho intramolecular Hbond substituents is 1. The maximum atomic E-state index is 12.9. The zero-order valence-corrected chi connectivity index (χ0v) is 8.92. The fraction of sp³-hybridized carbons (Fsp3) is 0.500. The van der Waals surface area contributed by atoms with Crippen molar-refractivity contribution in [1.82, 2.24) is 0 Å². The van der Waals surface area contributed by atoms with Gasteiger partial charge in [-0.2, -0.15) is 0 Å². The number of benzene rings is 1. The van der Waals surface area contributed by atoms with Crippen LogP contribution in [0.15, 0.2) is 24.3 Å². The van der Waals surface area contributed by atoms with Gasteiger partial charge in [-0.3, -0.25) is 4.39 Å². The number of hydrogen-bond acceptors (Lipinski definition) is 1. The van der Waals surface area contributed by atoms with Crippen LogP contribution in [0.1, 0.15) is 32.3 Å². The predicted octanol–water partition coefficient (Wildman–Crippen LogP) is 3.49. The number of aromatic hydroxyl groups is 1. The van der Waals surface area contributed by atoms with Crippen LogP contribution >= 0.6 is 0 Å². The van der Waals surface area contributed by atoms with Gasteiger partial charge in [0.05, 0.1) is 6.67 Å². The molecule has 0 aliphatic carbocycles. The molecule has 1 unspecified atom stereocenters. The Kier molecular flexibility index (Phi) is 3.14. The van der Waals surface area contributed by atoms with Crippen LogP contribution in [0.4, 0.5) is 4.39 Å². The van der Waals surface area contributed by atoms with Gasteiger partial charge >= 0.3 is 0 Å². The Morgan fingerprint density at radius 1 is 1.21 bits per heavy atom. The lowest BCUT2D eigenvalue weighted by Gasteiger charge is -2.28. The number of hydrogen-bond donors (Lipinski definition) is 1. The number of alkyl halides is 1. The summed E-state index contributed by atoms with van der Waals surface area (Å²) in [5.74, 6) is 0.114. The van der Waals surface area contributed by atoms with E-state index in [1.165, 1.54) is 0 Å². The van der Waals surface area contributed by atoms with Gasteiger partial charge in [0.25, 0.3) is 0 Å². The molecule has 0 heterocycles. The second-order valence-corrected chi connectivity index (χ2v) is 4.66. The molecule has 0 fully saturated rings. The second kappa shape index (κ2) is 3.99. The maximum Gasteiger partial charge on any atom is 0.115 e. The molecule has 1 atom stereocenters. The highest BCUT2D eigenvalue weighted by Gasteiger charge is 2.25. The quantitative estimate of drug-likeness (QED) is 0.767. The van der Waals surface area contributed by atoms with E-state index in [4.69, 9.17) is 5.11 Å². The molecule has 1 nitrogen and oxygen atoms in total. The summed E-state index contributed by atoms with van der Waals surface area (Å²) in [6.07, 6.45) is 0. The molecule has 0 aliphatic heterocycles. The molecule has 1 N–H and O–H groups in total. The van der Waals surface area contributed by atoms with Gasteiger partial charge in [0.2, 0.25) is 0 Å². The SMILES string of the molecule is CC(C)(C)C(CF)c1ccc(O)cc1. The van der Waals surface area contributed by atoms with Crippen molar-refractivity contribution in [3.8, 4) is 5.75 Å². The van der Waals surface area contributed by atoms with Crippen molar-refractivity contribution in [3.05, 3.63) is 29.8 Å². The van der Waals surface area contributed by atoms with Gasteiger partial charge in [0.15, 0.2) is 0 Å². The van der Waals surface area contributed by atoms with Gasteiger partial charge in [-0.05, 0) is 23.1 Å². The number of halogens is 1. The highest BCUT2D eigenvalue weighted by Crippen LogP contribution is 2.35. The highest BCUT2D eigenvalue weighted by atomic mass is 19.1. The smallest absolute Gasteiger partial charge is 0.115 e. The molecule has 1 aromatic rings. The van der Waals surface area contributed by atoms with Crippen molar-refractivity contribution < 1.29 is 9.50 Å². The lowest BCUT2D eigenvalue weighted by Crippen LogP contribution is -2.20. The standard InChI is InChI=1S/C12H17FO/c1-12(2,3)11(8-13)9-4-6-10(14)7-5-9/h4-7,11,14H,8H2,1-3H3. The first-order valence-electron chi connectivity index (χ1n) is 4.80. The Morgan fingerprint density at radius 3 is 2.07 bits per heavy atom. The van der Waals surface area contributed by atoms with Gasteiger partial charge in [-0.1, -0.05) is 32.9 Å². The minimum atomic E-state index is -0.367. The summed E-state index contributed by atoms with van der Waals surface area (Å²) >= 11 is 0. The molecule has 0 bridgehead atoms. The first-order chi connectivity index (χ1) is 6.45. The fourth-order valence-corrected chi connectivity index (χ4v) is 1.53. The third-order valence-electron chi connectivity index (χ3n) is 2.50. The monoisotopic (exact) mass is 196 g/mol.